The van der Waals surface area contributed by atoms with E-state index in [0.717, 1.165) is 23.7 Å². The van der Waals surface area contributed by atoms with Crippen LogP contribution >= 0.6 is 0 Å². The zero-order chi connectivity index (χ0) is 36.1. The molecule has 3 saturated heterocycles. The smallest absolute Gasteiger partial charge is 0.306 e. The van der Waals surface area contributed by atoms with E-state index in [1.54, 1.807) is 19.5 Å². The number of carbonyl (C=O) groups is 3. The summed E-state index contributed by atoms with van der Waals surface area (Å²) >= 11 is 0. The Labute approximate surface area is 294 Å². The third-order valence-corrected chi connectivity index (χ3v) is 20.1. The molecule has 7 aliphatic rings. The van der Waals surface area contributed by atoms with Crippen molar-refractivity contribution in [2.24, 2.45) is 28.1 Å². The molecule has 4 aliphatic carbocycles. The average molecular weight is 717 g/mol. The molecule has 4 heterocycles. The lowest BCUT2D eigenvalue weighted by Gasteiger charge is -2.77. The van der Waals surface area contributed by atoms with Gasteiger partial charge >= 0.3 is 17.9 Å². The number of furan rings is 1. The third-order valence-electron chi connectivity index (χ3n) is 15.5. The zero-order valence-electron chi connectivity index (χ0n) is 30.7. The number of hydrogen-bond acceptors (Lipinski definition) is 12. The minimum atomic E-state index is -2.27. The summed E-state index contributed by atoms with van der Waals surface area (Å²) in [5.74, 6) is -4.30. The van der Waals surface area contributed by atoms with E-state index in [1.165, 1.54) is 14.0 Å². The Morgan fingerprint density at radius 2 is 1.72 bits per heavy atom. The number of ether oxygens (including phenoxy) is 6. The van der Waals surface area contributed by atoms with Crippen LogP contribution < -0.4 is 0 Å². The van der Waals surface area contributed by atoms with Crippen molar-refractivity contribution in [3.63, 3.8) is 0 Å². The third kappa shape index (κ3) is 3.49. The topological polar surface area (TPSA) is 149 Å². The van der Waals surface area contributed by atoms with Crippen molar-refractivity contribution in [3.8, 4) is 0 Å². The normalized spacial score (nSPS) is 49.8. The standard InChI is InChI=1S/C37H52O12Si/c1-10-50(11-2,12-3)46-27(22-13-16-43-19-22)30(5)14-15-34-32(7)23(17-25(39)42-9)31(6)20-35(32)36(41,28(31)44-21(4)38)29-37(34,24(30)18-26(40)45-29)49-33(8,47-34)48-35/h13,16,19,23-24,27-29,41H,10-12,14-15,17-18,20H2,1-9H3. The van der Waals surface area contributed by atoms with Crippen LogP contribution in [-0.4, -0.2) is 79.0 Å². The van der Waals surface area contributed by atoms with Crippen LogP contribution in [0.2, 0.25) is 18.1 Å². The fourth-order valence-electron chi connectivity index (χ4n) is 13.5. The maximum atomic E-state index is 14.1. The van der Waals surface area contributed by atoms with Crippen LogP contribution in [-0.2, 0) is 47.2 Å². The van der Waals surface area contributed by atoms with E-state index in [2.05, 4.69) is 27.7 Å². The number of carbonyl (C=O) groups excluding carboxylic acids is 3. The van der Waals surface area contributed by atoms with Crippen LogP contribution in [0.5, 0.6) is 0 Å². The summed E-state index contributed by atoms with van der Waals surface area (Å²) in [5, 5.41) is 13.7. The lowest BCUT2D eigenvalue weighted by molar-refractivity contribution is -0.479. The van der Waals surface area contributed by atoms with Crippen LogP contribution in [0.1, 0.15) is 99.2 Å². The van der Waals surface area contributed by atoms with Crippen molar-refractivity contribution < 1.29 is 56.8 Å². The Morgan fingerprint density at radius 1 is 1.04 bits per heavy atom. The Morgan fingerprint density at radius 3 is 2.32 bits per heavy atom. The Balaban J connectivity index is 1.41. The summed E-state index contributed by atoms with van der Waals surface area (Å²) in [4.78, 5) is 40.4. The van der Waals surface area contributed by atoms with Crippen LogP contribution in [0.25, 0.3) is 0 Å². The molecule has 4 bridgehead atoms. The highest BCUT2D eigenvalue weighted by Gasteiger charge is 3.04. The predicted molar refractivity (Wildman–Crippen MR) is 176 cm³/mol. The van der Waals surface area contributed by atoms with Crippen LogP contribution in [0.3, 0.4) is 0 Å². The molecular weight excluding hydrogens is 664 g/mol. The van der Waals surface area contributed by atoms with E-state index in [4.69, 9.17) is 37.3 Å². The molecule has 3 spiro atoms. The van der Waals surface area contributed by atoms with Crippen molar-refractivity contribution in [1.29, 1.82) is 0 Å². The molecule has 8 rings (SSSR count). The highest BCUT2D eigenvalue weighted by molar-refractivity contribution is 6.73. The van der Waals surface area contributed by atoms with E-state index in [0.29, 0.717) is 12.8 Å². The van der Waals surface area contributed by atoms with E-state index < -0.39 is 101 Å². The van der Waals surface area contributed by atoms with Crippen molar-refractivity contribution in [2.45, 2.75) is 152 Å². The van der Waals surface area contributed by atoms with Gasteiger partial charge in [-0.1, -0.05) is 41.5 Å². The van der Waals surface area contributed by atoms with Crippen molar-refractivity contribution >= 4 is 26.2 Å². The second-order valence-corrected chi connectivity index (χ2v) is 21.8. The van der Waals surface area contributed by atoms with Crippen LogP contribution in [0, 0.1) is 28.1 Å². The van der Waals surface area contributed by atoms with Crippen LogP contribution in [0.15, 0.2) is 23.0 Å². The van der Waals surface area contributed by atoms with Gasteiger partial charge in [0.15, 0.2) is 20.0 Å². The van der Waals surface area contributed by atoms with Gasteiger partial charge in [0, 0.05) is 48.0 Å². The molecule has 1 aromatic heterocycles. The lowest BCUT2D eigenvalue weighted by atomic mass is 9.33. The summed E-state index contributed by atoms with van der Waals surface area (Å²) < 4.78 is 52.4. The zero-order valence-corrected chi connectivity index (χ0v) is 31.7. The first-order chi connectivity index (χ1) is 23.4. The summed E-state index contributed by atoms with van der Waals surface area (Å²) in [5.41, 5.74) is -8.12. The number of methoxy groups -OCH3 is 1. The molecule has 1 N–H and O–H groups in total. The second-order valence-electron chi connectivity index (χ2n) is 17.1. The highest BCUT2D eigenvalue weighted by atomic mass is 28.4. The second kappa shape index (κ2) is 10.2. The van der Waals surface area contributed by atoms with E-state index in [9.17, 15) is 19.5 Å². The number of hydrogen-bond donors (Lipinski definition) is 1. The SMILES string of the molecule is CC[Si](CC)(CC)OC(c1ccoc1)C1(C)CCC23OC4(C)OC25C1CC(=O)OC5C1(O)C(OC(C)=O)C2(C)CC1(O4)C3(C)C2CC(=O)OC. The van der Waals surface area contributed by atoms with E-state index >= 15 is 0 Å². The van der Waals surface area contributed by atoms with Crippen molar-refractivity contribution in [3.05, 3.63) is 24.2 Å². The molecule has 0 amide bonds. The lowest BCUT2D eigenvalue weighted by Crippen LogP contribution is -2.94. The quantitative estimate of drug-likeness (QED) is 0.190. The van der Waals surface area contributed by atoms with Gasteiger partial charge in [0.25, 0.3) is 5.97 Å². The summed E-state index contributed by atoms with van der Waals surface area (Å²) in [6, 6.07) is 4.68. The van der Waals surface area contributed by atoms with Gasteiger partial charge in [-0.25, -0.2) is 0 Å². The van der Waals surface area contributed by atoms with Gasteiger partial charge < -0.3 is 42.4 Å². The van der Waals surface area contributed by atoms with E-state index in [-0.39, 0.29) is 19.3 Å². The fourth-order valence-corrected chi connectivity index (χ4v) is 16.4. The maximum absolute atomic E-state index is 14.1. The van der Waals surface area contributed by atoms with Crippen LogP contribution in [0.4, 0.5) is 0 Å². The molecule has 0 aromatic carbocycles. The number of aliphatic hydroxyl groups is 1. The first-order valence-electron chi connectivity index (χ1n) is 18.4. The summed E-state index contributed by atoms with van der Waals surface area (Å²) in [7, 11) is -0.917. The number of fused-ring (bicyclic) bond motifs is 3. The molecule has 12 nitrogen and oxygen atoms in total. The van der Waals surface area contributed by atoms with Gasteiger partial charge in [-0.05, 0) is 49.4 Å². The largest absolute Gasteiger partial charge is 0.472 e. The number of rotatable bonds is 10. The molecule has 50 heavy (non-hydrogen) atoms. The van der Waals surface area contributed by atoms with Crippen molar-refractivity contribution in [2.75, 3.05) is 7.11 Å². The molecule has 4 saturated carbocycles. The number of esters is 3. The molecular formula is C37H52O12Si. The monoisotopic (exact) mass is 716 g/mol. The predicted octanol–water partition coefficient (Wildman–Crippen LogP) is 5.33. The maximum Gasteiger partial charge on any atom is 0.306 e. The van der Waals surface area contributed by atoms with Gasteiger partial charge in [0.2, 0.25) is 0 Å². The summed E-state index contributed by atoms with van der Waals surface area (Å²) in [6.07, 6.45) is 1.58. The molecule has 3 aliphatic heterocycles. The Hall–Kier alpha value is -2.29. The minimum Gasteiger partial charge on any atom is -0.472 e. The molecule has 0 radical (unpaired) electrons. The average Bonchev–Trinajstić information content (AvgIpc) is 3.76. The van der Waals surface area contributed by atoms with E-state index in [1.807, 2.05) is 19.9 Å². The highest BCUT2D eigenvalue weighted by Crippen LogP contribution is 2.90. The minimum absolute atomic E-state index is 0.0227. The summed E-state index contributed by atoms with van der Waals surface area (Å²) in [6.45, 7) is 15.7. The molecule has 7 fully saturated rings. The van der Waals surface area contributed by atoms with Gasteiger partial charge in [-0.3, -0.25) is 14.4 Å². The van der Waals surface area contributed by atoms with Gasteiger partial charge in [-0.15, -0.1) is 0 Å². The first kappa shape index (κ1) is 34.8. The molecule has 13 heteroatoms. The first-order valence-corrected chi connectivity index (χ1v) is 20.9. The molecule has 13 atom stereocenters. The van der Waals surface area contributed by atoms with Gasteiger partial charge in [-0.2, -0.15) is 0 Å². The Bertz CT molecular complexity index is 1620. The van der Waals surface area contributed by atoms with Crippen molar-refractivity contribution in [1.82, 2.24) is 0 Å². The molecule has 13 unspecified atom stereocenters. The fraction of sp³-hybridized carbons (Fsp3) is 0.811. The van der Waals surface area contributed by atoms with Gasteiger partial charge in [0.05, 0.1) is 32.2 Å². The van der Waals surface area contributed by atoms with Gasteiger partial charge in [0.1, 0.15) is 22.9 Å². The Kier molecular flexibility index (Phi) is 7.11. The molecule has 276 valence electrons. The molecule has 1 aromatic rings.